The Morgan fingerprint density at radius 2 is 2.38 bits per heavy atom. The number of hydrogen-bond acceptors (Lipinski definition) is 2. The van der Waals surface area contributed by atoms with Crippen molar-refractivity contribution < 1.29 is 9.53 Å². The molecule has 0 spiro atoms. The highest BCUT2D eigenvalue weighted by molar-refractivity contribution is 5.69. The van der Waals surface area contributed by atoms with Gasteiger partial charge < -0.3 is 4.74 Å². The van der Waals surface area contributed by atoms with Crippen molar-refractivity contribution in [2.75, 3.05) is 6.61 Å². The highest BCUT2D eigenvalue weighted by atomic mass is 16.5. The number of rotatable bonds is 3. The number of aldehydes is 1. The molecule has 0 fully saturated rings. The fourth-order valence-corrected chi connectivity index (χ4v) is 0.352. The highest BCUT2D eigenvalue weighted by Crippen LogP contribution is 1.89. The van der Waals surface area contributed by atoms with Gasteiger partial charge in [-0.3, -0.25) is 4.79 Å². The second-order valence-electron chi connectivity index (χ2n) is 1.24. The van der Waals surface area contributed by atoms with Crippen LogP contribution in [0.4, 0.5) is 0 Å². The Bertz CT molecular complexity index is 94.7. The van der Waals surface area contributed by atoms with E-state index < -0.39 is 0 Å². The molecule has 0 aliphatic carbocycles. The van der Waals surface area contributed by atoms with E-state index in [2.05, 4.69) is 0 Å². The molecule has 0 aliphatic heterocycles. The molecule has 0 aromatic heterocycles. The van der Waals surface area contributed by atoms with E-state index in [0.717, 1.165) is 0 Å². The monoisotopic (exact) mass is 114 g/mol. The van der Waals surface area contributed by atoms with Crippen molar-refractivity contribution in [1.29, 1.82) is 0 Å². The molecule has 0 N–H and O–H groups in total. The second kappa shape index (κ2) is 4.37. The van der Waals surface area contributed by atoms with E-state index in [-0.39, 0.29) is 0 Å². The van der Waals surface area contributed by atoms with Crippen molar-refractivity contribution in [3.63, 3.8) is 0 Å². The zero-order valence-corrected chi connectivity index (χ0v) is 5.18. The van der Waals surface area contributed by atoms with E-state index in [4.69, 9.17) is 4.74 Å². The Morgan fingerprint density at radius 1 is 1.75 bits per heavy atom. The predicted octanol–water partition coefficient (Wildman–Crippen LogP) is 1.13. The van der Waals surface area contributed by atoms with Gasteiger partial charge in [-0.05, 0) is 19.9 Å². The van der Waals surface area contributed by atoms with Crippen LogP contribution in [0.15, 0.2) is 11.8 Å². The smallest absolute Gasteiger partial charge is 0.184 e. The number of ether oxygens (including phenoxy) is 1. The normalized spacial score (nSPS) is 11.0. The summed E-state index contributed by atoms with van der Waals surface area (Å²) in [4.78, 5) is 9.93. The van der Waals surface area contributed by atoms with Crippen molar-refractivity contribution in [1.82, 2.24) is 0 Å². The quantitative estimate of drug-likeness (QED) is 0.312. The molecular formula is C6H10O2. The molecule has 0 heterocycles. The first-order valence-electron chi connectivity index (χ1n) is 2.59. The first-order chi connectivity index (χ1) is 3.85. The molecule has 0 bridgehead atoms. The molecule has 0 unspecified atom stereocenters. The van der Waals surface area contributed by atoms with Gasteiger partial charge in [-0.2, -0.15) is 0 Å². The zero-order valence-electron chi connectivity index (χ0n) is 5.18. The maximum absolute atomic E-state index is 9.93. The van der Waals surface area contributed by atoms with E-state index in [1.54, 1.807) is 13.0 Å². The lowest BCUT2D eigenvalue weighted by Crippen LogP contribution is -1.90. The average molecular weight is 114 g/mol. The third kappa shape index (κ3) is 2.39. The fraction of sp³-hybridized carbons (Fsp3) is 0.500. The summed E-state index contributed by atoms with van der Waals surface area (Å²) in [6.45, 7) is 4.16. The number of allylic oxidation sites excluding steroid dienone is 2. The van der Waals surface area contributed by atoms with Gasteiger partial charge in [0.2, 0.25) is 0 Å². The molecule has 0 saturated heterocycles. The molecule has 46 valence electrons. The first-order valence-corrected chi connectivity index (χ1v) is 2.59. The van der Waals surface area contributed by atoms with Crippen LogP contribution in [0.25, 0.3) is 0 Å². The van der Waals surface area contributed by atoms with Gasteiger partial charge in [0.15, 0.2) is 12.0 Å². The molecule has 2 nitrogen and oxygen atoms in total. The maximum atomic E-state index is 9.93. The number of hydrogen-bond donors (Lipinski definition) is 0. The maximum Gasteiger partial charge on any atom is 0.184 e. The molecule has 0 aromatic rings. The summed E-state index contributed by atoms with van der Waals surface area (Å²) in [6, 6.07) is 0. The van der Waals surface area contributed by atoms with Gasteiger partial charge >= 0.3 is 0 Å². The van der Waals surface area contributed by atoms with E-state index in [0.29, 0.717) is 18.7 Å². The SMILES string of the molecule is C/C=C(\C=O)OCC. The van der Waals surface area contributed by atoms with Gasteiger partial charge in [0.25, 0.3) is 0 Å². The third-order valence-electron chi connectivity index (χ3n) is 0.712. The van der Waals surface area contributed by atoms with E-state index in [1.807, 2.05) is 6.92 Å². The summed E-state index contributed by atoms with van der Waals surface area (Å²) in [7, 11) is 0. The molecule has 0 aromatic carbocycles. The van der Waals surface area contributed by atoms with Crippen LogP contribution < -0.4 is 0 Å². The highest BCUT2D eigenvalue weighted by Gasteiger charge is 1.86. The van der Waals surface area contributed by atoms with Crippen molar-refractivity contribution in [3.05, 3.63) is 11.8 Å². The Morgan fingerprint density at radius 3 is 2.50 bits per heavy atom. The summed E-state index contributed by atoms with van der Waals surface area (Å²) >= 11 is 0. The Balaban J connectivity index is 3.54. The molecule has 0 amide bonds. The first kappa shape index (κ1) is 7.21. The van der Waals surface area contributed by atoms with Crippen molar-refractivity contribution in [2.24, 2.45) is 0 Å². The van der Waals surface area contributed by atoms with Gasteiger partial charge in [-0.15, -0.1) is 0 Å². The molecule has 0 atom stereocenters. The number of carbonyl (C=O) groups is 1. The van der Waals surface area contributed by atoms with Crippen LogP contribution in [0, 0.1) is 0 Å². The van der Waals surface area contributed by atoms with Crippen LogP contribution in [0.1, 0.15) is 13.8 Å². The van der Waals surface area contributed by atoms with Crippen molar-refractivity contribution in [3.8, 4) is 0 Å². The minimum atomic E-state index is 0.410. The lowest BCUT2D eigenvalue weighted by atomic mass is 10.5. The van der Waals surface area contributed by atoms with Crippen LogP contribution in [0.3, 0.4) is 0 Å². The Hall–Kier alpha value is -0.790. The van der Waals surface area contributed by atoms with Gasteiger partial charge in [0.1, 0.15) is 0 Å². The standard InChI is InChI=1S/C6H10O2/c1-3-6(5-7)8-4-2/h3,5H,4H2,1-2H3/b6-3+. The van der Waals surface area contributed by atoms with Crippen LogP contribution in [-0.4, -0.2) is 12.9 Å². The average Bonchev–Trinajstić information content (AvgIpc) is 1.83. The summed E-state index contributed by atoms with van der Waals surface area (Å²) in [5.41, 5.74) is 0. The second-order valence-corrected chi connectivity index (χ2v) is 1.24. The van der Waals surface area contributed by atoms with E-state index >= 15 is 0 Å². The molecule has 0 radical (unpaired) electrons. The van der Waals surface area contributed by atoms with E-state index in [9.17, 15) is 4.79 Å². The van der Waals surface area contributed by atoms with Crippen LogP contribution >= 0.6 is 0 Å². The van der Waals surface area contributed by atoms with Gasteiger partial charge in [0.05, 0.1) is 6.61 Å². The minimum absolute atomic E-state index is 0.410. The Kier molecular flexibility index (Phi) is 3.94. The Labute approximate surface area is 49.1 Å². The van der Waals surface area contributed by atoms with E-state index in [1.165, 1.54) is 0 Å². The summed E-state index contributed by atoms with van der Waals surface area (Å²) in [5, 5.41) is 0. The third-order valence-corrected chi connectivity index (χ3v) is 0.712. The lowest BCUT2D eigenvalue weighted by molar-refractivity contribution is -0.107. The van der Waals surface area contributed by atoms with Crippen molar-refractivity contribution >= 4 is 6.29 Å². The van der Waals surface area contributed by atoms with Crippen molar-refractivity contribution in [2.45, 2.75) is 13.8 Å². The molecule has 0 rings (SSSR count). The van der Waals surface area contributed by atoms with Crippen LogP contribution in [0.2, 0.25) is 0 Å². The van der Waals surface area contributed by atoms with Gasteiger partial charge in [0, 0.05) is 0 Å². The fourth-order valence-electron chi connectivity index (χ4n) is 0.352. The van der Waals surface area contributed by atoms with Gasteiger partial charge in [-0.1, -0.05) is 0 Å². The summed E-state index contributed by atoms with van der Waals surface area (Å²) < 4.78 is 4.83. The largest absolute Gasteiger partial charge is 0.491 e. The summed E-state index contributed by atoms with van der Waals surface area (Å²) in [6.07, 6.45) is 2.33. The molecule has 8 heavy (non-hydrogen) atoms. The molecular weight excluding hydrogens is 104 g/mol. The lowest BCUT2D eigenvalue weighted by Gasteiger charge is -1.96. The summed E-state index contributed by atoms with van der Waals surface area (Å²) in [5.74, 6) is 0.410. The topological polar surface area (TPSA) is 26.3 Å². The predicted molar refractivity (Wildman–Crippen MR) is 31.4 cm³/mol. The van der Waals surface area contributed by atoms with Crippen LogP contribution in [-0.2, 0) is 9.53 Å². The molecule has 2 heteroatoms. The van der Waals surface area contributed by atoms with Gasteiger partial charge in [-0.25, -0.2) is 0 Å². The minimum Gasteiger partial charge on any atom is -0.491 e. The molecule has 0 saturated carbocycles. The zero-order chi connectivity index (χ0) is 6.41. The number of carbonyl (C=O) groups excluding carboxylic acids is 1. The molecule has 0 aliphatic rings. The van der Waals surface area contributed by atoms with Crippen LogP contribution in [0.5, 0.6) is 0 Å².